The van der Waals surface area contributed by atoms with Gasteiger partial charge in [-0.05, 0) is 36.4 Å². The van der Waals surface area contributed by atoms with Gasteiger partial charge in [0, 0.05) is 20.0 Å². The molecule has 0 aliphatic heterocycles. The van der Waals surface area contributed by atoms with Gasteiger partial charge in [-0.2, -0.15) is 0 Å². The van der Waals surface area contributed by atoms with Crippen molar-refractivity contribution in [1.29, 1.82) is 0 Å². The highest BCUT2D eigenvalue weighted by molar-refractivity contribution is 6.33. The van der Waals surface area contributed by atoms with Crippen LogP contribution in [-0.4, -0.2) is 22.9 Å². The Bertz CT molecular complexity index is 142. The SMILES string of the molecule is CC(=O)NCCCCCCN(Cl)Cl. The van der Waals surface area contributed by atoms with Gasteiger partial charge in [-0.1, -0.05) is 12.8 Å². The predicted octanol–water partition coefficient (Wildman–Crippen LogP) is 2.29. The van der Waals surface area contributed by atoms with Gasteiger partial charge in [0.15, 0.2) is 0 Å². The molecular weight excluding hydrogens is 211 g/mol. The zero-order valence-corrected chi connectivity index (χ0v) is 9.37. The van der Waals surface area contributed by atoms with Gasteiger partial charge in [0.05, 0.1) is 0 Å². The lowest BCUT2D eigenvalue weighted by molar-refractivity contribution is -0.118. The summed E-state index contributed by atoms with van der Waals surface area (Å²) in [7, 11) is 0. The number of nitrogens with zero attached hydrogens (tertiary/aromatic N) is 1. The second-order valence-electron chi connectivity index (χ2n) is 2.92. The van der Waals surface area contributed by atoms with Crippen LogP contribution in [0.2, 0.25) is 0 Å². The number of amides is 1. The van der Waals surface area contributed by atoms with E-state index in [0.29, 0.717) is 6.54 Å². The van der Waals surface area contributed by atoms with Gasteiger partial charge >= 0.3 is 0 Å². The van der Waals surface area contributed by atoms with Crippen LogP contribution < -0.4 is 5.32 Å². The van der Waals surface area contributed by atoms with Crippen molar-refractivity contribution in [2.45, 2.75) is 32.6 Å². The van der Waals surface area contributed by atoms with Crippen molar-refractivity contribution in [2.24, 2.45) is 0 Å². The Hall–Kier alpha value is 0.01000. The molecule has 3 nitrogen and oxygen atoms in total. The second-order valence-corrected chi connectivity index (χ2v) is 3.91. The zero-order chi connectivity index (χ0) is 10.1. The number of unbranched alkanes of at least 4 members (excludes halogenated alkanes) is 3. The second kappa shape index (κ2) is 8.60. The molecule has 0 bridgehead atoms. The average Bonchev–Trinajstić information content (AvgIpc) is 2.01. The molecule has 0 aliphatic rings. The molecule has 13 heavy (non-hydrogen) atoms. The summed E-state index contributed by atoms with van der Waals surface area (Å²) in [6.07, 6.45) is 4.20. The third kappa shape index (κ3) is 12.0. The van der Waals surface area contributed by atoms with E-state index in [2.05, 4.69) is 5.32 Å². The van der Waals surface area contributed by atoms with E-state index < -0.39 is 0 Å². The fraction of sp³-hybridized carbons (Fsp3) is 0.875. The summed E-state index contributed by atoms with van der Waals surface area (Å²) in [4.78, 5) is 10.5. The maximum Gasteiger partial charge on any atom is 0.216 e. The summed E-state index contributed by atoms with van der Waals surface area (Å²) in [5.41, 5.74) is 0. The maximum absolute atomic E-state index is 10.5. The first-order chi connectivity index (χ1) is 6.13. The summed E-state index contributed by atoms with van der Waals surface area (Å²) in [6, 6.07) is 0. The summed E-state index contributed by atoms with van der Waals surface area (Å²) < 4.78 is 1.15. The van der Waals surface area contributed by atoms with Crippen LogP contribution >= 0.6 is 23.6 Å². The first-order valence-corrected chi connectivity index (χ1v) is 5.14. The molecule has 5 heteroatoms. The Kier molecular flexibility index (Phi) is 8.61. The van der Waals surface area contributed by atoms with E-state index in [1.54, 1.807) is 0 Å². The molecule has 0 unspecified atom stereocenters. The molecule has 0 aromatic rings. The van der Waals surface area contributed by atoms with Gasteiger partial charge < -0.3 is 5.32 Å². The Morgan fingerprint density at radius 3 is 2.38 bits per heavy atom. The Morgan fingerprint density at radius 1 is 1.23 bits per heavy atom. The molecule has 0 spiro atoms. The number of nitrogens with one attached hydrogen (secondary N) is 1. The van der Waals surface area contributed by atoms with E-state index in [0.717, 1.165) is 36.2 Å². The molecule has 0 heterocycles. The van der Waals surface area contributed by atoms with Crippen molar-refractivity contribution < 1.29 is 4.79 Å². The average molecular weight is 227 g/mol. The molecule has 1 N–H and O–H groups in total. The van der Waals surface area contributed by atoms with Gasteiger partial charge in [-0.15, -0.1) is 3.94 Å². The standard InChI is InChI=1S/C8H16Cl2N2O/c1-8(13)11-6-4-2-3-5-7-12(9)10/h2-7H2,1H3,(H,11,13). The number of carbonyl (C=O) groups excluding carboxylic acids is 1. The first kappa shape index (κ1) is 13.0. The first-order valence-electron chi connectivity index (χ1n) is 4.46. The van der Waals surface area contributed by atoms with Crippen molar-refractivity contribution >= 4 is 29.5 Å². The van der Waals surface area contributed by atoms with Gasteiger partial charge in [0.25, 0.3) is 0 Å². The molecule has 1 amide bonds. The Morgan fingerprint density at radius 2 is 1.85 bits per heavy atom. The Balaban J connectivity index is 2.96. The molecule has 0 aromatic carbocycles. The van der Waals surface area contributed by atoms with Crippen LogP contribution in [0.1, 0.15) is 32.6 Å². The van der Waals surface area contributed by atoms with Crippen LogP contribution in [0, 0.1) is 0 Å². The van der Waals surface area contributed by atoms with Crippen molar-refractivity contribution in [2.75, 3.05) is 13.1 Å². The van der Waals surface area contributed by atoms with Crippen LogP contribution in [0.25, 0.3) is 0 Å². The summed E-state index contributed by atoms with van der Waals surface area (Å²) >= 11 is 10.8. The zero-order valence-electron chi connectivity index (χ0n) is 7.85. The molecule has 78 valence electrons. The van der Waals surface area contributed by atoms with Crippen molar-refractivity contribution in [3.8, 4) is 0 Å². The quantitative estimate of drug-likeness (QED) is 0.534. The lowest BCUT2D eigenvalue weighted by Gasteiger charge is -2.04. The normalized spacial score (nSPS) is 10.5. The van der Waals surface area contributed by atoms with Gasteiger partial charge in [0.1, 0.15) is 0 Å². The number of hydrogen-bond donors (Lipinski definition) is 1. The Labute approximate surface area is 89.6 Å². The lowest BCUT2D eigenvalue weighted by Crippen LogP contribution is -2.20. The molecular formula is C8H16Cl2N2O. The molecule has 0 aliphatic carbocycles. The van der Waals surface area contributed by atoms with Crippen molar-refractivity contribution in [3.63, 3.8) is 0 Å². The van der Waals surface area contributed by atoms with Gasteiger partial charge in [0.2, 0.25) is 5.91 Å². The highest BCUT2D eigenvalue weighted by Gasteiger charge is 1.95. The molecule has 0 aromatic heterocycles. The predicted molar refractivity (Wildman–Crippen MR) is 55.6 cm³/mol. The minimum atomic E-state index is 0.0349. The number of rotatable bonds is 7. The van der Waals surface area contributed by atoms with Crippen molar-refractivity contribution in [1.82, 2.24) is 9.25 Å². The van der Waals surface area contributed by atoms with Crippen LogP contribution in [0.15, 0.2) is 0 Å². The number of hydrogen-bond acceptors (Lipinski definition) is 2. The van der Waals surface area contributed by atoms with E-state index in [-0.39, 0.29) is 5.91 Å². The monoisotopic (exact) mass is 226 g/mol. The van der Waals surface area contributed by atoms with Gasteiger partial charge in [-0.3, -0.25) is 4.79 Å². The molecule has 0 radical (unpaired) electrons. The van der Waals surface area contributed by atoms with Crippen molar-refractivity contribution in [3.05, 3.63) is 0 Å². The van der Waals surface area contributed by atoms with Gasteiger partial charge in [-0.25, -0.2) is 0 Å². The highest BCUT2D eigenvalue weighted by atomic mass is 35.5. The summed E-state index contributed by atoms with van der Waals surface area (Å²) in [5, 5.41) is 2.74. The largest absolute Gasteiger partial charge is 0.356 e. The minimum absolute atomic E-state index is 0.0349. The van der Waals surface area contributed by atoms with Crippen LogP contribution in [0.5, 0.6) is 0 Å². The lowest BCUT2D eigenvalue weighted by atomic mass is 10.2. The third-order valence-corrected chi connectivity index (χ3v) is 1.97. The van der Waals surface area contributed by atoms with Crippen LogP contribution in [0.4, 0.5) is 0 Å². The molecule has 0 fully saturated rings. The highest BCUT2D eigenvalue weighted by Crippen LogP contribution is 2.04. The molecule has 0 saturated heterocycles. The fourth-order valence-electron chi connectivity index (χ4n) is 0.974. The molecule has 0 rings (SSSR count). The van der Waals surface area contributed by atoms with Crippen LogP contribution in [0.3, 0.4) is 0 Å². The summed E-state index contributed by atoms with van der Waals surface area (Å²) in [5.74, 6) is 0.0349. The van der Waals surface area contributed by atoms with E-state index in [4.69, 9.17) is 23.6 Å². The molecule has 0 atom stereocenters. The maximum atomic E-state index is 10.5. The third-order valence-electron chi connectivity index (χ3n) is 1.63. The minimum Gasteiger partial charge on any atom is -0.356 e. The van der Waals surface area contributed by atoms with E-state index in [1.165, 1.54) is 6.92 Å². The number of halogens is 2. The van der Waals surface area contributed by atoms with E-state index in [1.807, 2.05) is 0 Å². The van der Waals surface area contributed by atoms with Crippen LogP contribution in [-0.2, 0) is 4.79 Å². The van der Waals surface area contributed by atoms with E-state index in [9.17, 15) is 4.79 Å². The topological polar surface area (TPSA) is 32.3 Å². The fourth-order valence-corrected chi connectivity index (χ4v) is 1.21. The summed E-state index contributed by atoms with van der Waals surface area (Å²) in [6.45, 7) is 2.99. The molecule has 0 saturated carbocycles. The van der Waals surface area contributed by atoms with E-state index >= 15 is 0 Å². The number of carbonyl (C=O) groups is 1. The smallest absolute Gasteiger partial charge is 0.216 e.